The van der Waals surface area contributed by atoms with Crippen molar-refractivity contribution in [2.45, 2.75) is 0 Å². The van der Waals surface area contributed by atoms with Gasteiger partial charge in [-0.15, -0.1) is 11.3 Å². The lowest BCUT2D eigenvalue weighted by atomic mass is 10.1. The van der Waals surface area contributed by atoms with Gasteiger partial charge in [0.1, 0.15) is 5.01 Å². The number of aromatic nitrogens is 3. The Morgan fingerprint density at radius 2 is 1.02 bits per heavy atom. The van der Waals surface area contributed by atoms with Crippen LogP contribution in [0.25, 0.3) is 75.8 Å². The minimum absolute atomic E-state index is 0.0322. The predicted molar refractivity (Wildman–Crippen MR) is 180 cm³/mol. The highest BCUT2D eigenvalue weighted by Crippen LogP contribution is 2.36. The molecule has 0 N–H and O–H groups in total. The molecule has 0 aliphatic rings. The third kappa shape index (κ3) is 3.62. The molecule has 0 unspecified atom stereocenters. The van der Waals surface area contributed by atoms with Crippen LogP contribution in [0.3, 0.4) is 0 Å². The molecule has 3 aromatic heterocycles. The molecular formula is C38H23N3OS. The standard InChI is InChI=1S/C38H23N3OS/c42-37-29-14-6-9-17-34(29)41(25-10-2-1-3-11-25)35-23-36-31(22-30(35)37)39-38(43-36)24-18-20-26(21-19-24)40-32-15-7-4-12-27(32)28-13-5-8-16-33(28)40/h1-23H. The smallest absolute Gasteiger partial charge is 0.197 e. The molecule has 9 rings (SSSR count). The average molecular weight is 570 g/mol. The summed E-state index contributed by atoms with van der Waals surface area (Å²) in [6, 6.07) is 47.9. The third-order valence-electron chi connectivity index (χ3n) is 8.35. The number of hydrogen-bond acceptors (Lipinski definition) is 3. The molecule has 0 radical (unpaired) electrons. The van der Waals surface area contributed by atoms with Crippen LogP contribution in [-0.2, 0) is 0 Å². The van der Waals surface area contributed by atoms with Crippen LogP contribution in [-0.4, -0.2) is 14.1 Å². The summed E-state index contributed by atoms with van der Waals surface area (Å²) in [7, 11) is 0. The van der Waals surface area contributed by atoms with E-state index in [2.05, 4.69) is 100 Å². The van der Waals surface area contributed by atoms with Crippen molar-refractivity contribution in [2.24, 2.45) is 0 Å². The zero-order valence-corrected chi connectivity index (χ0v) is 23.8. The molecule has 43 heavy (non-hydrogen) atoms. The van der Waals surface area contributed by atoms with Crippen LogP contribution in [0.15, 0.2) is 144 Å². The van der Waals surface area contributed by atoms with E-state index in [-0.39, 0.29) is 5.43 Å². The van der Waals surface area contributed by atoms with Gasteiger partial charge in [0.05, 0.1) is 32.3 Å². The number of nitrogens with zero attached hydrogens (tertiary/aromatic N) is 3. The number of rotatable bonds is 3. The molecule has 0 saturated heterocycles. The van der Waals surface area contributed by atoms with E-state index in [1.165, 1.54) is 21.8 Å². The highest BCUT2D eigenvalue weighted by molar-refractivity contribution is 7.21. The zero-order chi connectivity index (χ0) is 28.5. The first-order valence-electron chi connectivity index (χ1n) is 14.3. The van der Waals surface area contributed by atoms with Gasteiger partial charge in [0.25, 0.3) is 0 Å². The summed E-state index contributed by atoms with van der Waals surface area (Å²) in [5.74, 6) is 0. The van der Waals surface area contributed by atoms with Gasteiger partial charge in [-0.05, 0) is 72.8 Å². The summed E-state index contributed by atoms with van der Waals surface area (Å²) in [5, 5.41) is 4.81. The number of para-hydroxylation sites is 4. The second-order valence-corrected chi connectivity index (χ2v) is 11.8. The maximum Gasteiger partial charge on any atom is 0.197 e. The van der Waals surface area contributed by atoms with E-state index in [0.717, 1.165) is 43.2 Å². The predicted octanol–water partition coefficient (Wildman–Crippen LogP) is 9.52. The molecule has 9 aromatic rings. The lowest BCUT2D eigenvalue weighted by molar-refractivity contribution is 1.16. The van der Waals surface area contributed by atoms with Crippen molar-refractivity contribution in [1.82, 2.24) is 14.1 Å². The minimum atomic E-state index is 0.0322. The fourth-order valence-corrected chi connectivity index (χ4v) is 7.38. The van der Waals surface area contributed by atoms with Crippen molar-refractivity contribution in [2.75, 3.05) is 0 Å². The Morgan fingerprint density at radius 1 is 0.488 bits per heavy atom. The van der Waals surface area contributed by atoms with Gasteiger partial charge in [0, 0.05) is 38.5 Å². The molecule has 0 spiro atoms. The van der Waals surface area contributed by atoms with Gasteiger partial charge in [-0.3, -0.25) is 4.79 Å². The molecule has 5 heteroatoms. The molecule has 4 nitrogen and oxygen atoms in total. The van der Waals surface area contributed by atoms with Crippen LogP contribution in [0.1, 0.15) is 0 Å². The van der Waals surface area contributed by atoms with Crippen LogP contribution in [0.5, 0.6) is 0 Å². The first kappa shape index (κ1) is 24.1. The number of fused-ring (bicyclic) bond motifs is 6. The lowest BCUT2D eigenvalue weighted by Crippen LogP contribution is -2.10. The van der Waals surface area contributed by atoms with E-state index in [1.54, 1.807) is 11.3 Å². The second-order valence-electron chi connectivity index (χ2n) is 10.8. The van der Waals surface area contributed by atoms with Crippen molar-refractivity contribution in [1.29, 1.82) is 0 Å². The Balaban J connectivity index is 1.21. The average Bonchev–Trinajstić information content (AvgIpc) is 3.64. The van der Waals surface area contributed by atoms with Gasteiger partial charge in [0.15, 0.2) is 5.43 Å². The van der Waals surface area contributed by atoms with Gasteiger partial charge >= 0.3 is 0 Å². The number of pyridine rings is 1. The fourth-order valence-electron chi connectivity index (χ4n) is 6.40. The summed E-state index contributed by atoms with van der Waals surface area (Å²) >= 11 is 1.66. The van der Waals surface area contributed by atoms with Gasteiger partial charge < -0.3 is 9.13 Å². The van der Waals surface area contributed by atoms with Crippen LogP contribution < -0.4 is 5.43 Å². The SMILES string of the molecule is O=c1c2ccccc2n(-c2ccccc2)c2cc3sc(-c4ccc(-n5c6ccccc6c6ccccc65)cc4)nc3cc12. The Labute approximate surface area is 250 Å². The van der Waals surface area contributed by atoms with Crippen molar-refractivity contribution in [3.05, 3.63) is 150 Å². The van der Waals surface area contributed by atoms with Gasteiger partial charge in [-0.25, -0.2) is 4.98 Å². The Kier molecular flexibility index (Phi) is 5.18. The molecule has 6 aromatic carbocycles. The molecular weight excluding hydrogens is 547 g/mol. The van der Waals surface area contributed by atoms with Gasteiger partial charge in [0.2, 0.25) is 0 Å². The van der Waals surface area contributed by atoms with Crippen LogP contribution >= 0.6 is 11.3 Å². The Hall–Kier alpha value is -5.52. The molecule has 0 atom stereocenters. The summed E-state index contributed by atoms with van der Waals surface area (Å²) in [6.45, 7) is 0. The Morgan fingerprint density at radius 3 is 1.70 bits per heavy atom. The highest BCUT2D eigenvalue weighted by atomic mass is 32.1. The topological polar surface area (TPSA) is 39.8 Å². The third-order valence-corrected chi connectivity index (χ3v) is 9.42. The largest absolute Gasteiger partial charge is 0.309 e. The Bertz CT molecular complexity index is 2520. The summed E-state index contributed by atoms with van der Waals surface area (Å²) in [6.07, 6.45) is 0. The van der Waals surface area contributed by atoms with E-state index < -0.39 is 0 Å². The summed E-state index contributed by atoms with van der Waals surface area (Å²) in [4.78, 5) is 18.7. The highest BCUT2D eigenvalue weighted by Gasteiger charge is 2.16. The zero-order valence-electron chi connectivity index (χ0n) is 22.9. The van der Waals surface area contributed by atoms with Crippen LogP contribution in [0.4, 0.5) is 0 Å². The van der Waals surface area contributed by atoms with Crippen molar-refractivity contribution in [3.8, 4) is 21.9 Å². The maximum absolute atomic E-state index is 13.7. The van der Waals surface area contributed by atoms with Crippen molar-refractivity contribution >= 4 is 65.2 Å². The first-order chi connectivity index (χ1) is 21.2. The molecule has 0 aliphatic carbocycles. The number of hydrogen-bond donors (Lipinski definition) is 0. The van der Waals surface area contributed by atoms with Crippen LogP contribution in [0.2, 0.25) is 0 Å². The minimum Gasteiger partial charge on any atom is -0.309 e. The van der Waals surface area contributed by atoms with Gasteiger partial charge in [-0.1, -0.05) is 66.7 Å². The molecule has 0 saturated carbocycles. The maximum atomic E-state index is 13.7. The van der Waals surface area contributed by atoms with Crippen LogP contribution in [0, 0.1) is 0 Å². The van der Waals surface area contributed by atoms with Crippen molar-refractivity contribution in [3.63, 3.8) is 0 Å². The monoisotopic (exact) mass is 569 g/mol. The van der Waals surface area contributed by atoms with Gasteiger partial charge in [-0.2, -0.15) is 0 Å². The second kappa shape index (κ2) is 9.24. The van der Waals surface area contributed by atoms with E-state index in [1.807, 2.05) is 48.5 Å². The molecule has 202 valence electrons. The first-order valence-corrected chi connectivity index (χ1v) is 15.1. The van der Waals surface area contributed by atoms with Crippen molar-refractivity contribution < 1.29 is 0 Å². The lowest BCUT2D eigenvalue weighted by Gasteiger charge is -2.15. The van der Waals surface area contributed by atoms with E-state index in [0.29, 0.717) is 10.8 Å². The summed E-state index contributed by atoms with van der Waals surface area (Å²) < 4.78 is 5.56. The normalized spacial score (nSPS) is 11.8. The molecule has 3 heterocycles. The fraction of sp³-hybridized carbons (Fsp3) is 0. The quantitative estimate of drug-likeness (QED) is 0.199. The molecule has 0 bridgehead atoms. The number of thiazole rings is 1. The number of benzene rings is 6. The van der Waals surface area contributed by atoms with E-state index >= 15 is 0 Å². The molecule has 0 amide bonds. The molecule has 0 aliphatic heterocycles. The molecule has 0 fully saturated rings. The van der Waals surface area contributed by atoms with E-state index in [9.17, 15) is 4.79 Å². The van der Waals surface area contributed by atoms with E-state index in [4.69, 9.17) is 4.98 Å². The summed E-state index contributed by atoms with van der Waals surface area (Å²) in [5.41, 5.74) is 8.23.